The molecule has 0 radical (unpaired) electrons. The van der Waals surface area contributed by atoms with E-state index in [0.717, 1.165) is 6.42 Å². The third-order valence-corrected chi connectivity index (χ3v) is 3.46. The summed E-state index contributed by atoms with van der Waals surface area (Å²) in [6.07, 6.45) is 3.52. The lowest BCUT2D eigenvalue weighted by Gasteiger charge is -2.33. The molecule has 1 amide bonds. The molecule has 1 aliphatic rings. The zero-order valence-electron chi connectivity index (χ0n) is 10.4. The summed E-state index contributed by atoms with van der Waals surface area (Å²) >= 11 is 0. The molecule has 3 nitrogen and oxygen atoms in total. The van der Waals surface area contributed by atoms with Gasteiger partial charge in [-0.1, -0.05) is 20.3 Å². The molecule has 88 valence electrons. The van der Waals surface area contributed by atoms with E-state index in [9.17, 15) is 4.79 Å². The number of likely N-dealkylation sites (N-methyl/N-ethyl adjacent to an activating group) is 1. The fourth-order valence-electron chi connectivity index (χ4n) is 1.97. The van der Waals surface area contributed by atoms with Crippen LogP contribution < -0.4 is 5.32 Å². The minimum Gasteiger partial charge on any atom is -0.336 e. The Balaban J connectivity index is 2.60. The maximum Gasteiger partial charge on any atom is 0.237 e. The van der Waals surface area contributed by atoms with Gasteiger partial charge >= 0.3 is 0 Å². The maximum absolute atomic E-state index is 11.9. The van der Waals surface area contributed by atoms with Crippen LogP contribution in [0.1, 0.15) is 40.0 Å². The highest BCUT2D eigenvalue weighted by molar-refractivity contribution is 5.79. The van der Waals surface area contributed by atoms with Crippen molar-refractivity contribution in [1.82, 2.24) is 10.2 Å². The number of amides is 1. The smallest absolute Gasteiger partial charge is 0.237 e. The van der Waals surface area contributed by atoms with Crippen LogP contribution in [0, 0.1) is 5.92 Å². The van der Waals surface area contributed by atoms with E-state index in [4.69, 9.17) is 0 Å². The largest absolute Gasteiger partial charge is 0.336 e. The second kappa shape index (κ2) is 5.50. The summed E-state index contributed by atoms with van der Waals surface area (Å²) in [5.41, 5.74) is 0. The van der Waals surface area contributed by atoms with Crippen LogP contribution in [-0.4, -0.2) is 36.5 Å². The van der Waals surface area contributed by atoms with Crippen LogP contribution in [-0.2, 0) is 4.79 Å². The monoisotopic (exact) mass is 212 g/mol. The molecule has 0 heterocycles. The van der Waals surface area contributed by atoms with Gasteiger partial charge < -0.3 is 10.2 Å². The van der Waals surface area contributed by atoms with E-state index in [0.29, 0.717) is 24.5 Å². The number of carbonyl (C=O) groups is 1. The molecule has 2 atom stereocenters. The average Bonchev–Trinajstić information content (AvgIpc) is 3.01. The van der Waals surface area contributed by atoms with E-state index in [2.05, 4.69) is 31.0 Å². The first-order valence-corrected chi connectivity index (χ1v) is 6.07. The standard InChI is InChI=1S/C12H24N2O/c1-5-9(2)10(3)14(11-6-7-11)12(15)8-13-4/h9-11,13H,5-8H2,1-4H3. The maximum atomic E-state index is 11.9. The van der Waals surface area contributed by atoms with E-state index in [1.54, 1.807) is 0 Å². The highest BCUT2D eigenvalue weighted by atomic mass is 16.2. The Labute approximate surface area is 93.2 Å². The Kier molecular flexibility index (Phi) is 4.58. The first-order chi connectivity index (χ1) is 7.11. The number of carbonyl (C=O) groups excluding carboxylic acids is 1. The van der Waals surface area contributed by atoms with Gasteiger partial charge in [0, 0.05) is 12.1 Å². The quantitative estimate of drug-likeness (QED) is 0.726. The Hall–Kier alpha value is -0.570. The molecule has 1 saturated carbocycles. The number of rotatable bonds is 6. The summed E-state index contributed by atoms with van der Waals surface area (Å²) in [6, 6.07) is 0.901. The molecule has 1 N–H and O–H groups in total. The average molecular weight is 212 g/mol. The van der Waals surface area contributed by atoms with E-state index in [1.165, 1.54) is 12.8 Å². The molecular formula is C12H24N2O. The predicted molar refractivity (Wildman–Crippen MR) is 62.7 cm³/mol. The van der Waals surface area contributed by atoms with Crippen LogP contribution >= 0.6 is 0 Å². The van der Waals surface area contributed by atoms with Crippen molar-refractivity contribution in [3.05, 3.63) is 0 Å². The summed E-state index contributed by atoms with van der Waals surface area (Å²) < 4.78 is 0. The topological polar surface area (TPSA) is 32.3 Å². The number of hydrogen-bond acceptors (Lipinski definition) is 2. The summed E-state index contributed by atoms with van der Waals surface area (Å²) in [6.45, 7) is 7.07. The van der Waals surface area contributed by atoms with E-state index < -0.39 is 0 Å². The lowest BCUT2D eigenvalue weighted by molar-refractivity contribution is -0.133. The van der Waals surface area contributed by atoms with Gasteiger partial charge in [0.05, 0.1) is 6.54 Å². The predicted octanol–water partition coefficient (Wildman–Crippen LogP) is 1.63. The first kappa shape index (κ1) is 12.5. The summed E-state index contributed by atoms with van der Waals surface area (Å²) in [5, 5.41) is 2.95. The van der Waals surface area contributed by atoms with Gasteiger partial charge in [0.15, 0.2) is 0 Å². The molecule has 0 aromatic carbocycles. The van der Waals surface area contributed by atoms with Gasteiger partial charge in [-0.05, 0) is 32.7 Å². The van der Waals surface area contributed by atoms with Crippen LogP contribution in [0.15, 0.2) is 0 Å². The van der Waals surface area contributed by atoms with Gasteiger partial charge in [-0.2, -0.15) is 0 Å². The van der Waals surface area contributed by atoms with Crippen LogP contribution in [0.3, 0.4) is 0 Å². The Morgan fingerprint density at radius 3 is 2.47 bits per heavy atom. The third-order valence-electron chi connectivity index (χ3n) is 3.46. The highest BCUT2D eigenvalue weighted by Crippen LogP contribution is 2.31. The normalized spacial score (nSPS) is 19.7. The second-order valence-electron chi connectivity index (χ2n) is 4.69. The fourth-order valence-corrected chi connectivity index (χ4v) is 1.97. The molecule has 1 aliphatic carbocycles. The minimum atomic E-state index is 0.257. The third kappa shape index (κ3) is 3.20. The number of hydrogen-bond donors (Lipinski definition) is 1. The zero-order chi connectivity index (χ0) is 11.4. The lowest BCUT2D eigenvalue weighted by Crippen LogP contribution is -2.46. The Morgan fingerprint density at radius 2 is 2.07 bits per heavy atom. The van der Waals surface area contributed by atoms with E-state index in [-0.39, 0.29) is 5.91 Å². The first-order valence-electron chi connectivity index (χ1n) is 6.07. The van der Waals surface area contributed by atoms with Crippen molar-refractivity contribution in [3.8, 4) is 0 Å². The zero-order valence-corrected chi connectivity index (χ0v) is 10.4. The fraction of sp³-hybridized carbons (Fsp3) is 0.917. The van der Waals surface area contributed by atoms with Gasteiger partial charge in [0.1, 0.15) is 0 Å². The van der Waals surface area contributed by atoms with Crippen LogP contribution in [0.5, 0.6) is 0 Å². The molecular weight excluding hydrogens is 188 g/mol. The molecule has 3 heteroatoms. The molecule has 0 aliphatic heterocycles. The van der Waals surface area contributed by atoms with E-state index >= 15 is 0 Å². The molecule has 0 aromatic rings. The minimum absolute atomic E-state index is 0.257. The summed E-state index contributed by atoms with van der Waals surface area (Å²) in [5.74, 6) is 0.846. The summed E-state index contributed by atoms with van der Waals surface area (Å²) in [7, 11) is 1.83. The van der Waals surface area contributed by atoms with Gasteiger partial charge in [-0.15, -0.1) is 0 Å². The van der Waals surface area contributed by atoms with Crippen molar-refractivity contribution < 1.29 is 4.79 Å². The van der Waals surface area contributed by atoms with Crippen molar-refractivity contribution in [2.75, 3.05) is 13.6 Å². The summed E-state index contributed by atoms with van der Waals surface area (Å²) in [4.78, 5) is 14.1. The molecule has 0 saturated heterocycles. The Bertz CT molecular complexity index is 214. The van der Waals surface area contributed by atoms with Gasteiger partial charge in [-0.3, -0.25) is 4.79 Å². The second-order valence-corrected chi connectivity index (χ2v) is 4.69. The molecule has 1 rings (SSSR count). The van der Waals surface area contributed by atoms with Crippen LogP contribution in [0.25, 0.3) is 0 Å². The highest BCUT2D eigenvalue weighted by Gasteiger charge is 2.36. The van der Waals surface area contributed by atoms with Crippen molar-refractivity contribution in [2.24, 2.45) is 5.92 Å². The van der Waals surface area contributed by atoms with Gasteiger partial charge in [0.25, 0.3) is 0 Å². The van der Waals surface area contributed by atoms with Crippen molar-refractivity contribution >= 4 is 5.91 Å². The van der Waals surface area contributed by atoms with E-state index in [1.807, 2.05) is 7.05 Å². The molecule has 2 unspecified atom stereocenters. The number of nitrogens with one attached hydrogen (secondary N) is 1. The van der Waals surface area contributed by atoms with Gasteiger partial charge in [-0.25, -0.2) is 0 Å². The van der Waals surface area contributed by atoms with Crippen LogP contribution in [0.4, 0.5) is 0 Å². The van der Waals surface area contributed by atoms with Crippen molar-refractivity contribution in [3.63, 3.8) is 0 Å². The molecule has 0 bridgehead atoms. The SMILES string of the molecule is CCC(C)C(C)N(C(=O)CNC)C1CC1. The molecule has 0 spiro atoms. The van der Waals surface area contributed by atoms with Crippen molar-refractivity contribution in [2.45, 2.75) is 52.1 Å². The number of nitrogens with zero attached hydrogens (tertiary/aromatic N) is 1. The van der Waals surface area contributed by atoms with Crippen molar-refractivity contribution in [1.29, 1.82) is 0 Å². The molecule has 0 aromatic heterocycles. The Morgan fingerprint density at radius 1 is 1.47 bits per heavy atom. The molecule has 15 heavy (non-hydrogen) atoms. The molecule has 1 fully saturated rings. The lowest BCUT2D eigenvalue weighted by atomic mass is 9.99. The van der Waals surface area contributed by atoms with Gasteiger partial charge in [0.2, 0.25) is 5.91 Å². The van der Waals surface area contributed by atoms with Crippen LogP contribution in [0.2, 0.25) is 0 Å².